The molecule has 0 aromatic heterocycles. The number of carbonyl (C=O) groups is 4. The van der Waals surface area contributed by atoms with Crippen molar-refractivity contribution in [2.45, 2.75) is 98.6 Å². The molecular weight excluding hydrogens is 506 g/mol. The van der Waals surface area contributed by atoms with Crippen LogP contribution in [-0.2, 0) is 30.3 Å². The molecule has 220 valence electrons. The number of ether oxygens (including phenoxy) is 4. The smallest absolute Gasteiger partial charge is 0.480 e. The molecule has 0 aliphatic carbocycles. The number of carboxylic acids is 1. The first-order chi connectivity index (χ1) is 18.1. The van der Waals surface area contributed by atoms with Crippen molar-refractivity contribution in [2.75, 3.05) is 6.61 Å². The van der Waals surface area contributed by atoms with Crippen LogP contribution in [-0.4, -0.2) is 47.4 Å². The molecular formula is C29H45NO9. The van der Waals surface area contributed by atoms with Crippen molar-refractivity contribution < 1.29 is 43.2 Å². The maximum Gasteiger partial charge on any atom is 0.508 e. The summed E-state index contributed by atoms with van der Waals surface area (Å²) in [5, 5.41) is 9.92. The standard InChI is InChI=1S/C29H45NO9/c1-18(2)8-12-25(31)38-23-11-10-22(14-24(23)39-26(32)13-9-19(3)4)16-29(30,27(33)34)15-21(7)37-28(35)36-17-20(5)6/h10-11,14,18-21H,8-9,12-13,15-17,30H2,1-7H3,(H,33,34)/t21-,29?/m0/s1. The highest BCUT2D eigenvalue weighted by Crippen LogP contribution is 2.32. The van der Waals surface area contributed by atoms with Crippen molar-refractivity contribution in [3.8, 4) is 11.5 Å². The highest BCUT2D eigenvalue weighted by atomic mass is 16.7. The third kappa shape index (κ3) is 13.5. The molecule has 0 saturated carbocycles. The summed E-state index contributed by atoms with van der Waals surface area (Å²) in [5.41, 5.74) is 4.89. The summed E-state index contributed by atoms with van der Waals surface area (Å²) in [7, 11) is 0. The maximum atomic E-state index is 12.5. The molecule has 10 nitrogen and oxygen atoms in total. The van der Waals surface area contributed by atoms with E-state index in [1.807, 2.05) is 41.5 Å². The lowest BCUT2D eigenvalue weighted by molar-refractivity contribution is -0.144. The van der Waals surface area contributed by atoms with E-state index in [4.69, 9.17) is 24.7 Å². The lowest BCUT2D eigenvalue weighted by atomic mass is 9.86. The zero-order valence-electron chi connectivity index (χ0n) is 24.3. The number of carboxylic acid groups (broad SMARTS) is 1. The van der Waals surface area contributed by atoms with Crippen molar-refractivity contribution in [3.05, 3.63) is 23.8 Å². The summed E-state index contributed by atoms with van der Waals surface area (Å²) in [4.78, 5) is 48.9. The van der Waals surface area contributed by atoms with E-state index < -0.39 is 35.7 Å². The second kappa shape index (κ2) is 16.1. The van der Waals surface area contributed by atoms with Crippen molar-refractivity contribution in [1.82, 2.24) is 0 Å². The van der Waals surface area contributed by atoms with E-state index >= 15 is 0 Å². The fourth-order valence-electron chi connectivity index (χ4n) is 3.57. The number of rotatable bonds is 16. The van der Waals surface area contributed by atoms with Gasteiger partial charge in [0, 0.05) is 25.7 Å². The van der Waals surface area contributed by atoms with Crippen LogP contribution in [0.15, 0.2) is 18.2 Å². The van der Waals surface area contributed by atoms with Crippen LogP contribution in [0.5, 0.6) is 11.5 Å². The van der Waals surface area contributed by atoms with Gasteiger partial charge in [-0.2, -0.15) is 0 Å². The van der Waals surface area contributed by atoms with Gasteiger partial charge >= 0.3 is 24.1 Å². The number of carbonyl (C=O) groups excluding carboxylic acids is 3. The number of hydrogen-bond donors (Lipinski definition) is 2. The second-order valence-corrected chi connectivity index (χ2v) is 11.3. The summed E-state index contributed by atoms with van der Waals surface area (Å²) in [5.74, 6) is -1.48. The summed E-state index contributed by atoms with van der Waals surface area (Å²) >= 11 is 0. The van der Waals surface area contributed by atoms with E-state index in [2.05, 4.69) is 0 Å². The van der Waals surface area contributed by atoms with Gasteiger partial charge in [0.25, 0.3) is 0 Å². The van der Waals surface area contributed by atoms with Gasteiger partial charge in [-0.25, -0.2) is 4.79 Å². The predicted octanol–water partition coefficient (Wildman–Crippen LogP) is 5.28. The van der Waals surface area contributed by atoms with Gasteiger partial charge < -0.3 is 29.8 Å². The lowest BCUT2D eigenvalue weighted by Crippen LogP contribution is -2.52. The molecule has 0 radical (unpaired) electrons. The van der Waals surface area contributed by atoms with Gasteiger partial charge in [-0.3, -0.25) is 14.4 Å². The minimum Gasteiger partial charge on any atom is -0.480 e. The molecule has 0 heterocycles. The first-order valence-electron chi connectivity index (χ1n) is 13.5. The largest absolute Gasteiger partial charge is 0.508 e. The molecule has 0 saturated heterocycles. The van der Waals surface area contributed by atoms with E-state index in [0.29, 0.717) is 24.3 Å². The van der Waals surface area contributed by atoms with Gasteiger partial charge in [0.05, 0.1) is 6.61 Å². The molecule has 1 unspecified atom stereocenters. The van der Waals surface area contributed by atoms with Gasteiger partial charge in [-0.1, -0.05) is 47.6 Å². The minimum atomic E-state index is -1.81. The number of hydrogen-bond acceptors (Lipinski definition) is 9. The number of aliphatic carboxylic acids is 1. The molecule has 39 heavy (non-hydrogen) atoms. The molecule has 0 fully saturated rings. The fourth-order valence-corrected chi connectivity index (χ4v) is 3.57. The Balaban J connectivity index is 3.12. The third-order valence-corrected chi connectivity index (χ3v) is 5.74. The van der Waals surface area contributed by atoms with E-state index in [9.17, 15) is 24.3 Å². The molecule has 0 bridgehead atoms. The van der Waals surface area contributed by atoms with Crippen molar-refractivity contribution in [3.63, 3.8) is 0 Å². The van der Waals surface area contributed by atoms with Crippen molar-refractivity contribution in [2.24, 2.45) is 23.5 Å². The van der Waals surface area contributed by atoms with Gasteiger partial charge in [0.15, 0.2) is 11.5 Å². The third-order valence-electron chi connectivity index (χ3n) is 5.74. The molecule has 0 amide bonds. The molecule has 1 aromatic carbocycles. The Morgan fingerprint density at radius 3 is 1.87 bits per heavy atom. The number of benzene rings is 1. The zero-order valence-corrected chi connectivity index (χ0v) is 24.3. The van der Waals surface area contributed by atoms with E-state index in [0.717, 1.165) is 0 Å². The molecule has 1 rings (SSSR count). The Morgan fingerprint density at radius 2 is 1.38 bits per heavy atom. The van der Waals surface area contributed by atoms with E-state index in [1.165, 1.54) is 19.1 Å². The Labute approximate surface area is 231 Å². The lowest BCUT2D eigenvalue weighted by Gasteiger charge is -2.28. The van der Waals surface area contributed by atoms with Crippen LogP contribution in [0, 0.1) is 17.8 Å². The minimum absolute atomic E-state index is 0.00783. The van der Waals surface area contributed by atoms with Crippen LogP contribution < -0.4 is 15.2 Å². The Kier molecular flexibility index (Phi) is 14.0. The highest BCUT2D eigenvalue weighted by Gasteiger charge is 2.37. The van der Waals surface area contributed by atoms with Gasteiger partial charge in [0.1, 0.15) is 11.6 Å². The van der Waals surface area contributed by atoms with Crippen molar-refractivity contribution in [1.29, 1.82) is 0 Å². The topological polar surface area (TPSA) is 151 Å². The quantitative estimate of drug-likeness (QED) is 0.205. The molecule has 1 aromatic rings. The van der Waals surface area contributed by atoms with Gasteiger partial charge in [0.2, 0.25) is 0 Å². The first kappa shape index (κ1) is 33.9. The second-order valence-electron chi connectivity index (χ2n) is 11.3. The SMILES string of the molecule is CC(C)CCC(=O)Oc1ccc(CC(N)(C[C@H](C)OC(=O)OCC(C)C)C(=O)O)cc1OC(=O)CCC(C)C. The van der Waals surface area contributed by atoms with E-state index in [1.54, 1.807) is 6.07 Å². The first-order valence-corrected chi connectivity index (χ1v) is 13.5. The van der Waals surface area contributed by atoms with Crippen LogP contribution in [0.25, 0.3) is 0 Å². The Bertz CT molecular complexity index is 974. The average Bonchev–Trinajstić information content (AvgIpc) is 2.81. The number of nitrogens with two attached hydrogens (primary N) is 1. The van der Waals surface area contributed by atoms with Crippen LogP contribution >= 0.6 is 0 Å². The van der Waals surface area contributed by atoms with Crippen LogP contribution in [0.1, 0.15) is 86.1 Å². The molecule has 0 spiro atoms. The van der Waals surface area contributed by atoms with Crippen molar-refractivity contribution >= 4 is 24.1 Å². The molecule has 2 atom stereocenters. The fraction of sp³-hybridized carbons (Fsp3) is 0.655. The molecule has 0 aliphatic rings. The van der Waals surface area contributed by atoms with Crippen LogP contribution in [0.3, 0.4) is 0 Å². The monoisotopic (exact) mass is 551 g/mol. The average molecular weight is 552 g/mol. The summed E-state index contributed by atoms with van der Waals surface area (Å²) in [6.45, 7) is 13.4. The summed E-state index contributed by atoms with van der Waals surface area (Å²) in [6, 6.07) is 4.47. The maximum absolute atomic E-state index is 12.5. The Hall–Kier alpha value is -3.14. The van der Waals surface area contributed by atoms with Gasteiger partial charge in [-0.15, -0.1) is 0 Å². The molecule has 0 aliphatic heterocycles. The summed E-state index contributed by atoms with van der Waals surface area (Å²) in [6.07, 6.45) is -0.500. The van der Waals surface area contributed by atoms with Crippen LogP contribution in [0.4, 0.5) is 4.79 Å². The van der Waals surface area contributed by atoms with E-state index in [-0.39, 0.29) is 55.6 Å². The zero-order chi connectivity index (χ0) is 29.8. The van der Waals surface area contributed by atoms with Crippen LogP contribution in [0.2, 0.25) is 0 Å². The molecule has 10 heteroatoms. The Morgan fingerprint density at radius 1 is 0.846 bits per heavy atom. The highest BCUT2D eigenvalue weighted by molar-refractivity contribution is 5.79. The number of esters is 2. The normalized spacial score (nSPS) is 13.6. The van der Waals surface area contributed by atoms with Gasteiger partial charge in [-0.05, 0) is 55.2 Å². The molecule has 3 N–H and O–H groups in total. The predicted molar refractivity (Wildman–Crippen MR) is 145 cm³/mol. The summed E-state index contributed by atoms with van der Waals surface area (Å²) < 4.78 is 21.2.